The van der Waals surface area contributed by atoms with Gasteiger partial charge >= 0.3 is 0 Å². The molecule has 2 heteroatoms. The number of hydrogen-bond acceptors (Lipinski definition) is 2. The molecule has 0 aliphatic heterocycles. The quantitative estimate of drug-likeness (QED) is 0.568. The number of likely N-dealkylation sites (N-methyl/N-ethyl adjacent to an activating group) is 1. The fraction of sp³-hybridized carbons (Fsp3) is 1.00. The summed E-state index contributed by atoms with van der Waals surface area (Å²) in [4.78, 5) is 2.41. The van der Waals surface area contributed by atoms with Crippen LogP contribution < -0.4 is 5.73 Å². The van der Waals surface area contributed by atoms with Crippen molar-refractivity contribution < 1.29 is 0 Å². The van der Waals surface area contributed by atoms with Gasteiger partial charge in [-0.15, -0.1) is 0 Å². The number of nitrogens with zero attached hydrogens (tertiary/aromatic N) is 1. The highest BCUT2D eigenvalue weighted by Crippen LogP contribution is 1.96. The Hall–Kier alpha value is -0.0800. The van der Waals surface area contributed by atoms with Crippen LogP contribution in [0.2, 0.25) is 0 Å². The Morgan fingerprint density at radius 1 is 1.09 bits per heavy atom. The molecule has 11 heavy (non-hydrogen) atoms. The van der Waals surface area contributed by atoms with Crippen LogP contribution in [-0.2, 0) is 0 Å². The van der Waals surface area contributed by atoms with Crippen LogP contribution in [0.4, 0.5) is 0 Å². The largest absolute Gasteiger partial charge is 0.329 e. The van der Waals surface area contributed by atoms with Gasteiger partial charge in [-0.05, 0) is 19.5 Å². The van der Waals surface area contributed by atoms with Gasteiger partial charge in [0.1, 0.15) is 0 Å². The van der Waals surface area contributed by atoms with Crippen molar-refractivity contribution >= 4 is 0 Å². The Labute approximate surface area is 70.8 Å². The second-order valence-corrected chi connectivity index (χ2v) is 2.93. The van der Waals surface area contributed by atoms with E-state index < -0.39 is 0 Å². The van der Waals surface area contributed by atoms with Gasteiger partial charge in [0.25, 0.3) is 0 Å². The summed E-state index contributed by atoms with van der Waals surface area (Å²) in [6, 6.07) is 0. The van der Waals surface area contributed by atoms with E-state index in [0.717, 1.165) is 19.6 Å². The first-order chi connectivity index (χ1) is 5.35. The van der Waals surface area contributed by atoms with Gasteiger partial charge < -0.3 is 10.6 Å². The average Bonchev–Trinajstić information content (AvgIpc) is 2.03. The van der Waals surface area contributed by atoms with Crippen LogP contribution in [0.25, 0.3) is 0 Å². The molecule has 0 aliphatic carbocycles. The summed E-state index contributed by atoms with van der Waals surface area (Å²) in [7, 11) is 0. The van der Waals surface area contributed by atoms with E-state index in [4.69, 9.17) is 5.73 Å². The molecule has 2 nitrogen and oxygen atoms in total. The Morgan fingerprint density at radius 2 is 1.82 bits per heavy atom. The lowest BCUT2D eigenvalue weighted by Crippen LogP contribution is -2.30. The fourth-order valence-electron chi connectivity index (χ4n) is 1.20. The van der Waals surface area contributed by atoms with E-state index in [-0.39, 0.29) is 0 Å². The molecule has 0 fully saturated rings. The van der Waals surface area contributed by atoms with E-state index in [1.165, 1.54) is 25.8 Å². The van der Waals surface area contributed by atoms with E-state index in [1.807, 2.05) is 0 Å². The first-order valence-corrected chi connectivity index (χ1v) is 4.77. The monoisotopic (exact) mass is 158 g/mol. The normalized spacial score (nSPS) is 10.9. The van der Waals surface area contributed by atoms with Crippen LogP contribution in [-0.4, -0.2) is 31.1 Å². The predicted molar refractivity (Wildman–Crippen MR) is 50.7 cm³/mol. The molecule has 0 heterocycles. The highest BCUT2D eigenvalue weighted by Gasteiger charge is 1.98. The van der Waals surface area contributed by atoms with Crippen molar-refractivity contribution in [3.05, 3.63) is 0 Å². The highest BCUT2D eigenvalue weighted by atomic mass is 15.1. The third kappa shape index (κ3) is 6.32. The van der Waals surface area contributed by atoms with Gasteiger partial charge in [-0.1, -0.05) is 26.7 Å². The SMILES string of the molecule is CCCCCN(CC)CCN. The van der Waals surface area contributed by atoms with Crippen molar-refractivity contribution in [2.75, 3.05) is 26.2 Å². The summed E-state index contributed by atoms with van der Waals surface area (Å²) in [5.41, 5.74) is 5.47. The summed E-state index contributed by atoms with van der Waals surface area (Å²) in [5.74, 6) is 0. The molecule has 0 unspecified atom stereocenters. The topological polar surface area (TPSA) is 29.3 Å². The van der Waals surface area contributed by atoms with Gasteiger partial charge in [-0.2, -0.15) is 0 Å². The zero-order valence-corrected chi connectivity index (χ0v) is 7.97. The van der Waals surface area contributed by atoms with Gasteiger partial charge in [0.2, 0.25) is 0 Å². The predicted octanol–water partition coefficient (Wildman–Crippen LogP) is 1.46. The average molecular weight is 158 g/mol. The second kappa shape index (κ2) is 8.02. The van der Waals surface area contributed by atoms with Gasteiger partial charge in [0.05, 0.1) is 0 Å². The van der Waals surface area contributed by atoms with Gasteiger partial charge in [0, 0.05) is 13.1 Å². The van der Waals surface area contributed by atoms with Crippen LogP contribution in [0.1, 0.15) is 33.1 Å². The summed E-state index contributed by atoms with van der Waals surface area (Å²) in [5, 5.41) is 0. The molecule has 0 aromatic rings. The van der Waals surface area contributed by atoms with E-state index in [0.29, 0.717) is 0 Å². The minimum Gasteiger partial charge on any atom is -0.329 e. The Morgan fingerprint density at radius 3 is 2.27 bits per heavy atom. The lowest BCUT2D eigenvalue weighted by molar-refractivity contribution is 0.289. The van der Waals surface area contributed by atoms with E-state index in [2.05, 4.69) is 18.7 Å². The van der Waals surface area contributed by atoms with E-state index in [9.17, 15) is 0 Å². The molecule has 68 valence electrons. The van der Waals surface area contributed by atoms with Crippen LogP contribution in [0, 0.1) is 0 Å². The molecule has 0 aromatic carbocycles. The third-order valence-corrected chi connectivity index (χ3v) is 1.97. The van der Waals surface area contributed by atoms with Crippen LogP contribution in [0.5, 0.6) is 0 Å². The van der Waals surface area contributed by atoms with Crippen molar-refractivity contribution in [2.24, 2.45) is 5.73 Å². The molecule has 0 rings (SSSR count). The molecule has 0 saturated carbocycles. The smallest absolute Gasteiger partial charge is 0.0104 e. The second-order valence-electron chi connectivity index (χ2n) is 2.93. The first-order valence-electron chi connectivity index (χ1n) is 4.77. The van der Waals surface area contributed by atoms with Crippen molar-refractivity contribution in [3.8, 4) is 0 Å². The number of rotatable bonds is 7. The molecular formula is C9H22N2. The van der Waals surface area contributed by atoms with Crippen molar-refractivity contribution in [1.29, 1.82) is 0 Å². The van der Waals surface area contributed by atoms with Crippen molar-refractivity contribution in [2.45, 2.75) is 33.1 Å². The van der Waals surface area contributed by atoms with Gasteiger partial charge in [-0.3, -0.25) is 0 Å². The van der Waals surface area contributed by atoms with E-state index >= 15 is 0 Å². The minimum absolute atomic E-state index is 0.792. The first kappa shape index (κ1) is 10.9. The Kier molecular flexibility index (Phi) is 7.96. The van der Waals surface area contributed by atoms with Crippen LogP contribution in [0.15, 0.2) is 0 Å². The number of unbranched alkanes of at least 4 members (excludes halogenated alkanes) is 2. The maximum atomic E-state index is 5.47. The third-order valence-electron chi connectivity index (χ3n) is 1.97. The molecule has 0 aromatic heterocycles. The van der Waals surface area contributed by atoms with Gasteiger partial charge in [-0.25, -0.2) is 0 Å². The molecule has 0 radical (unpaired) electrons. The summed E-state index contributed by atoms with van der Waals surface area (Å²) in [6.45, 7) is 8.64. The number of hydrogen-bond donors (Lipinski definition) is 1. The molecule has 0 aliphatic rings. The molecule has 0 bridgehead atoms. The maximum absolute atomic E-state index is 5.47. The lowest BCUT2D eigenvalue weighted by atomic mass is 10.2. The van der Waals surface area contributed by atoms with Crippen molar-refractivity contribution in [3.63, 3.8) is 0 Å². The molecule has 2 N–H and O–H groups in total. The Bertz CT molecular complexity index is 74.0. The van der Waals surface area contributed by atoms with Crippen LogP contribution in [0.3, 0.4) is 0 Å². The highest BCUT2D eigenvalue weighted by molar-refractivity contribution is 4.55. The zero-order valence-electron chi connectivity index (χ0n) is 7.97. The zero-order chi connectivity index (χ0) is 8.53. The van der Waals surface area contributed by atoms with E-state index in [1.54, 1.807) is 0 Å². The molecule has 0 amide bonds. The summed E-state index contributed by atoms with van der Waals surface area (Å²) in [6.07, 6.45) is 3.98. The minimum atomic E-state index is 0.792. The molecular weight excluding hydrogens is 136 g/mol. The summed E-state index contributed by atoms with van der Waals surface area (Å²) < 4.78 is 0. The molecule has 0 saturated heterocycles. The molecule has 0 spiro atoms. The Balaban J connectivity index is 3.20. The molecule has 0 atom stereocenters. The van der Waals surface area contributed by atoms with Crippen molar-refractivity contribution in [1.82, 2.24) is 4.90 Å². The number of nitrogens with two attached hydrogens (primary N) is 1. The van der Waals surface area contributed by atoms with Gasteiger partial charge in [0.15, 0.2) is 0 Å². The maximum Gasteiger partial charge on any atom is 0.0104 e. The standard InChI is InChI=1S/C9H22N2/c1-3-5-6-8-11(4-2)9-7-10/h3-10H2,1-2H3. The lowest BCUT2D eigenvalue weighted by Gasteiger charge is -2.18. The fourth-order valence-corrected chi connectivity index (χ4v) is 1.20. The summed E-state index contributed by atoms with van der Waals surface area (Å²) >= 11 is 0. The van der Waals surface area contributed by atoms with Crippen LogP contribution >= 0.6 is 0 Å².